The quantitative estimate of drug-likeness (QED) is 0.594. The maximum absolute atomic E-state index is 5.79. The zero-order valence-corrected chi connectivity index (χ0v) is 20.1. The van der Waals surface area contributed by atoms with Gasteiger partial charge in [-0.1, -0.05) is 0 Å². The zero-order valence-electron chi connectivity index (χ0n) is 20.1. The number of piperidine rings is 1. The molecule has 3 atom stereocenters. The number of likely N-dealkylation sites (tertiary alicyclic amines) is 1. The molecule has 3 aromatic rings. The van der Waals surface area contributed by atoms with Crippen LogP contribution in [0.5, 0.6) is 5.88 Å². The van der Waals surface area contributed by atoms with Gasteiger partial charge in [-0.25, -0.2) is 9.67 Å². The summed E-state index contributed by atoms with van der Waals surface area (Å²) in [6.45, 7) is 7.03. The first-order chi connectivity index (χ1) is 16.0. The number of ether oxygens (including phenoxy) is 2. The Bertz CT molecular complexity index is 1080. The molecule has 0 bridgehead atoms. The van der Waals surface area contributed by atoms with Crippen LogP contribution >= 0.6 is 0 Å². The van der Waals surface area contributed by atoms with E-state index in [9.17, 15) is 0 Å². The van der Waals surface area contributed by atoms with Crippen LogP contribution in [0, 0.1) is 5.92 Å². The van der Waals surface area contributed by atoms with E-state index in [1.807, 2.05) is 29.2 Å². The fourth-order valence-electron chi connectivity index (χ4n) is 5.34. The number of nitrogens with zero attached hydrogens (tertiary/aromatic N) is 6. The summed E-state index contributed by atoms with van der Waals surface area (Å²) in [5, 5.41) is 9.77. The predicted octanol–water partition coefficient (Wildman–Crippen LogP) is 3.37. The van der Waals surface area contributed by atoms with Gasteiger partial charge in [0.1, 0.15) is 0 Å². The van der Waals surface area contributed by atoms with Crippen LogP contribution < -0.4 is 4.74 Å². The van der Waals surface area contributed by atoms with Crippen LogP contribution in [0.2, 0.25) is 0 Å². The van der Waals surface area contributed by atoms with Crippen molar-refractivity contribution in [3.8, 4) is 22.8 Å². The van der Waals surface area contributed by atoms with Gasteiger partial charge in [0.2, 0.25) is 5.88 Å². The van der Waals surface area contributed by atoms with Crippen molar-refractivity contribution >= 4 is 0 Å². The fraction of sp³-hybridized carbons (Fsp3) is 0.560. The molecule has 0 spiro atoms. The Hall–Kier alpha value is -2.71. The fourth-order valence-corrected chi connectivity index (χ4v) is 5.34. The van der Waals surface area contributed by atoms with Crippen molar-refractivity contribution in [1.29, 1.82) is 0 Å². The van der Waals surface area contributed by atoms with Gasteiger partial charge in [0.05, 0.1) is 49.8 Å². The van der Waals surface area contributed by atoms with E-state index in [-0.39, 0.29) is 0 Å². The Morgan fingerprint density at radius 3 is 2.61 bits per heavy atom. The van der Waals surface area contributed by atoms with Crippen LogP contribution in [0.3, 0.4) is 0 Å². The molecule has 2 aliphatic heterocycles. The van der Waals surface area contributed by atoms with Gasteiger partial charge < -0.3 is 14.4 Å². The van der Waals surface area contributed by atoms with Crippen LogP contribution in [-0.2, 0) is 24.1 Å². The van der Waals surface area contributed by atoms with Crippen LogP contribution in [0.25, 0.3) is 16.9 Å². The standard InChI is InChI=1S/C25H34N6O2/c1-17-11-19(12-18(2)29(17)3)15-30-16-20(13-27-30)25-22-7-9-33-10-8-23(22)31(28-25)21-5-6-24(32-4)26-14-21/h5-6,13-14,16-19H,7-12,15H2,1-4H3/t17-,18+,19?. The average molecular weight is 451 g/mol. The number of hydrogen-bond donors (Lipinski definition) is 0. The van der Waals surface area contributed by atoms with E-state index in [1.165, 1.54) is 24.1 Å². The minimum atomic E-state index is 0.597. The molecule has 8 nitrogen and oxygen atoms in total. The first kappa shape index (κ1) is 22.1. The van der Waals surface area contributed by atoms with Gasteiger partial charge in [-0.15, -0.1) is 0 Å². The van der Waals surface area contributed by atoms with Crippen molar-refractivity contribution in [1.82, 2.24) is 29.4 Å². The van der Waals surface area contributed by atoms with E-state index >= 15 is 0 Å². The molecule has 1 fully saturated rings. The summed E-state index contributed by atoms with van der Waals surface area (Å²) in [6, 6.07) is 5.09. The third kappa shape index (κ3) is 4.42. The summed E-state index contributed by atoms with van der Waals surface area (Å²) in [5.74, 6) is 1.24. The molecule has 33 heavy (non-hydrogen) atoms. The van der Waals surface area contributed by atoms with Crippen LogP contribution in [0.1, 0.15) is 37.9 Å². The van der Waals surface area contributed by atoms with E-state index in [0.717, 1.165) is 36.3 Å². The van der Waals surface area contributed by atoms with Gasteiger partial charge in [-0.05, 0) is 52.1 Å². The molecule has 1 unspecified atom stereocenters. The van der Waals surface area contributed by atoms with Crippen LogP contribution in [0.4, 0.5) is 0 Å². The lowest BCUT2D eigenvalue weighted by atomic mass is 9.87. The molecule has 1 saturated heterocycles. The normalized spacial score (nSPS) is 23.8. The molecule has 5 rings (SSSR count). The van der Waals surface area contributed by atoms with Gasteiger partial charge in [-0.3, -0.25) is 4.68 Å². The molecule has 0 amide bonds. The third-order valence-electron chi connectivity index (χ3n) is 7.34. The number of rotatable bonds is 5. The second-order valence-electron chi connectivity index (χ2n) is 9.51. The molecule has 2 aliphatic rings. The second kappa shape index (κ2) is 9.27. The molecule has 0 aliphatic carbocycles. The number of fused-ring (bicyclic) bond motifs is 1. The van der Waals surface area contributed by atoms with E-state index in [2.05, 4.69) is 41.7 Å². The molecule has 176 valence electrons. The SMILES string of the molecule is COc1ccc(-n2nc(-c3cnn(CC4C[C@@H](C)N(C)[C@@H](C)C4)c3)c3c2CCOCC3)cn1. The third-order valence-corrected chi connectivity index (χ3v) is 7.34. The summed E-state index contributed by atoms with van der Waals surface area (Å²) >= 11 is 0. The Labute approximate surface area is 195 Å². The van der Waals surface area contributed by atoms with Crippen molar-refractivity contribution in [2.45, 2.75) is 58.2 Å². The highest BCUT2D eigenvalue weighted by atomic mass is 16.5. The summed E-state index contributed by atoms with van der Waals surface area (Å²) in [7, 11) is 3.86. The Balaban J connectivity index is 1.43. The van der Waals surface area contributed by atoms with Gasteiger partial charge in [-0.2, -0.15) is 10.2 Å². The van der Waals surface area contributed by atoms with E-state index in [4.69, 9.17) is 19.7 Å². The summed E-state index contributed by atoms with van der Waals surface area (Å²) in [5.41, 5.74) is 5.46. The average Bonchev–Trinajstić information content (AvgIpc) is 3.34. The van der Waals surface area contributed by atoms with Crippen molar-refractivity contribution in [3.05, 3.63) is 42.0 Å². The van der Waals surface area contributed by atoms with E-state index in [0.29, 0.717) is 37.1 Å². The summed E-state index contributed by atoms with van der Waals surface area (Å²) in [6.07, 6.45) is 10.0. The highest BCUT2D eigenvalue weighted by Crippen LogP contribution is 2.31. The Kier molecular flexibility index (Phi) is 6.21. The van der Waals surface area contributed by atoms with Crippen molar-refractivity contribution in [3.63, 3.8) is 0 Å². The summed E-state index contributed by atoms with van der Waals surface area (Å²) < 4.78 is 15.1. The van der Waals surface area contributed by atoms with E-state index < -0.39 is 0 Å². The number of methoxy groups -OCH3 is 1. The molecule has 0 radical (unpaired) electrons. The number of aromatic nitrogens is 5. The lowest BCUT2D eigenvalue weighted by molar-refractivity contribution is 0.0892. The monoisotopic (exact) mass is 450 g/mol. The Morgan fingerprint density at radius 2 is 1.88 bits per heavy atom. The minimum Gasteiger partial charge on any atom is -0.481 e. The molecule has 0 saturated carbocycles. The van der Waals surface area contributed by atoms with Gasteiger partial charge in [0.25, 0.3) is 0 Å². The maximum atomic E-state index is 5.79. The van der Waals surface area contributed by atoms with Crippen molar-refractivity contribution < 1.29 is 9.47 Å². The number of hydrogen-bond acceptors (Lipinski definition) is 6. The topological polar surface area (TPSA) is 70.2 Å². The molecular weight excluding hydrogens is 416 g/mol. The number of pyridine rings is 1. The van der Waals surface area contributed by atoms with Crippen LogP contribution in [-0.4, -0.2) is 68.9 Å². The smallest absolute Gasteiger partial charge is 0.213 e. The predicted molar refractivity (Wildman–Crippen MR) is 127 cm³/mol. The molecule has 3 aromatic heterocycles. The Morgan fingerprint density at radius 1 is 1.09 bits per heavy atom. The minimum absolute atomic E-state index is 0.597. The maximum Gasteiger partial charge on any atom is 0.213 e. The van der Waals surface area contributed by atoms with Gasteiger partial charge in [0, 0.05) is 48.4 Å². The zero-order chi connectivity index (χ0) is 22.9. The van der Waals surface area contributed by atoms with Crippen molar-refractivity contribution in [2.75, 3.05) is 27.4 Å². The molecular formula is C25H34N6O2. The van der Waals surface area contributed by atoms with Gasteiger partial charge in [0.15, 0.2) is 0 Å². The van der Waals surface area contributed by atoms with E-state index in [1.54, 1.807) is 7.11 Å². The molecule has 5 heterocycles. The molecule has 0 aromatic carbocycles. The molecule has 8 heteroatoms. The largest absolute Gasteiger partial charge is 0.481 e. The first-order valence-corrected chi connectivity index (χ1v) is 12.0. The van der Waals surface area contributed by atoms with Gasteiger partial charge >= 0.3 is 0 Å². The summed E-state index contributed by atoms with van der Waals surface area (Å²) in [4.78, 5) is 6.87. The van der Waals surface area contributed by atoms with Crippen LogP contribution in [0.15, 0.2) is 30.7 Å². The lowest BCUT2D eigenvalue weighted by Crippen LogP contribution is -2.44. The first-order valence-electron chi connectivity index (χ1n) is 12.0. The molecule has 0 N–H and O–H groups in total. The highest BCUT2D eigenvalue weighted by Gasteiger charge is 2.29. The lowest BCUT2D eigenvalue weighted by Gasteiger charge is -2.40. The second-order valence-corrected chi connectivity index (χ2v) is 9.51. The van der Waals surface area contributed by atoms with Crippen molar-refractivity contribution in [2.24, 2.45) is 5.92 Å². The highest BCUT2D eigenvalue weighted by molar-refractivity contribution is 5.64.